The predicted octanol–water partition coefficient (Wildman–Crippen LogP) is 1.05. The number of hydrogen-bond acceptors (Lipinski definition) is 1. The molecule has 0 atom stereocenters. The molecule has 12 heavy (non-hydrogen) atoms. The summed E-state index contributed by atoms with van der Waals surface area (Å²) in [6.45, 7) is 0.282. The van der Waals surface area contributed by atoms with E-state index >= 15 is 0 Å². The number of halogens is 3. The minimum atomic E-state index is -4.35. The van der Waals surface area contributed by atoms with Gasteiger partial charge in [-0.15, -0.1) is 0 Å². The van der Waals surface area contributed by atoms with Crippen molar-refractivity contribution in [2.75, 3.05) is 0 Å². The summed E-state index contributed by atoms with van der Waals surface area (Å²) < 4.78 is 35.9. The SMILES string of the molecule is Cc1cn(CC(F)(F)F)c(=O)[nH]1. The van der Waals surface area contributed by atoms with Crippen LogP contribution in [0.25, 0.3) is 0 Å². The Kier molecular flexibility index (Phi) is 1.99. The van der Waals surface area contributed by atoms with E-state index in [4.69, 9.17) is 0 Å². The number of nitrogens with zero attached hydrogens (tertiary/aromatic N) is 1. The molecule has 0 aliphatic rings. The zero-order chi connectivity index (χ0) is 9.35. The van der Waals surface area contributed by atoms with Crippen LogP contribution in [0.2, 0.25) is 0 Å². The minimum Gasteiger partial charge on any atom is -0.310 e. The van der Waals surface area contributed by atoms with Gasteiger partial charge in [-0.3, -0.25) is 4.57 Å². The van der Waals surface area contributed by atoms with Crippen LogP contribution in [0.4, 0.5) is 13.2 Å². The number of hydrogen-bond donors (Lipinski definition) is 1. The van der Waals surface area contributed by atoms with Gasteiger partial charge in [0.05, 0.1) is 0 Å². The second-order valence-corrected chi connectivity index (χ2v) is 2.49. The molecule has 0 aliphatic heterocycles. The Hall–Kier alpha value is -1.20. The molecular formula is C6H7F3N2O. The van der Waals surface area contributed by atoms with Gasteiger partial charge in [-0.2, -0.15) is 13.2 Å². The summed E-state index contributed by atoms with van der Waals surface area (Å²) in [7, 11) is 0. The monoisotopic (exact) mass is 180 g/mol. The average molecular weight is 180 g/mol. The van der Waals surface area contributed by atoms with E-state index in [1.165, 1.54) is 6.92 Å². The maximum Gasteiger partial charge on any atom is 0.406 e. The molecule has 0 aromatic carbocycles. The Labute approximate surface area is 65.8 Å². The molecule has 0 unspecified atom stereocenters. The van der Waals surface area contributed by atoms with Crippen molar-refractivity contribution in [1.82, 2.24) is 9.55 Å². The van der Waals surface area contributed by atoms with Crippen molar-refractivity contribution >= 4 is 0 Å². The van der Waals surface area contributed by atoms with Crippen LogP contribution in [-0.4, -0.2) is 15.7 Å². The summed E-state index contributed by atoms with van der Waals surface area (Å²) in [5.41, 5.74) is -0.311. The molecule has 0 saturated carbocycles. The first-order chi connectivity index (χ1) is 5.38. The molecule has 1 heterocycles. The Morgan fingerprint density at radius 1 is 1.58 bits per heavy atom. The standard InChI is InChI=1S/C6H7F3N2O/c1-4-2-11(5(12)10-4)3-6(7,8)9/h2H,3H2,1H3,(H,10,12). The maximum atomic E-state index is 11.8. The fourth-order valence-electron chi connectivity index (χ4n) is 0.876. The molecule has 3 nitrogen and oxygen atoms in total. The quantitative estimate of drug-likeness (QED) is 0.689. The lowest BCUT2D eigenvalue weighted by molar-refractivity contribution is -0.141. The third-order valence-corrected chi connectivity index (χ3v) is 1.26. The van der Waals surface area contributed by atoms with E-state index < -0.39 is 18.4 Å². The van der Waals surface area contributed by atoms with Crippen LogP contribution < -0.4 is 5.69 Å². The van der Waals surface area contributed by atoms with Gasteiger partial charge in [-0.1, -0.05) is 0 Å². The van der Waals surface area contributed by atoms with Gasteiger partial charge < -0.3 is 4.98 Å². The van der Waals surface area contributed by atoms with Crippen LogP contribution in [0, 0.1) is 6.92 Å². The lowest BCUT2D eigenvalue weighted by Crippen LogP contribution is -2.25. The minimum absolute atomic E-state index is 0.421. The molecule has 1 aromatic heterocycles. The smallest absolute Gasteiger partial charge is 0.310 e. The molecule has 0 fully saturated rings. The van der Waals surface area contributed by atoms with E-state index in [0.29, 0.717) is 10.3 Å². The summed E-state index contributed by atoms with van der Waals surface area (Å²) >= 11 is 0. The third-order valence-electron chi connectivity index (χ3n) is 1.26. The van der Waals surface area contributed by atoms with Gasteiger partial charge in [0.2, 0.25) is 0 Å². The van der Waals surface area contributed by atoms with Crippen molar-refractivity contribution in [3.63, 3.8) is 0 Å². The zero-order valence-corrected chi connectivity index (χ0v) is 6.27. The van der Waals surface area contributed by atoms with E-state index in [1.807, 2.05) is 0 Å². The van der Waals surface area contributed by atoms with Gasteiger partial charge in [-0.05, 0) is 6.92 Å². The van der Waals surface area contributed by atoms with Gasteiger partial charge in [0, 0.05) is 11.9 Å². The van der Waals surface area contributed by atoms with Gasteiger partial charge in [0.15, 0.2) is 0 Å². The average Bonchev–Trinajstić information content (AvgIpc) is 2.06. The molecule has 6 heteroatoms. The van der Waals surface area contributed by atoms with Crippen LogP contribution >= 0.6 is 0 Å². The summed E-state index contributed by atoms with van der Waals surface area (Å²) in [5.74, 6) is 0. The first kappa shape index (κ1) is 8.89. The Morgan fingerprint density at radius 2 is 2.17 bits per heavy atom. The van der Waals surface area contributed by atoms with Crippen LogP contribution in [-0.2, 0) is 6.54 Å². The summed E-state index contributed by atoms with van der Waals surface area (Å²) in [5, 5.41) is 0. The molecule has 1 aromatic rings. The van der Waals surface area contributed by atoms with Crippen LogP contribution in [0.1, 0.15) is 5.69 Å². The summed E-state index contributed by atoms with van der Waals surface area (Å²) in [6.07, 6.45) is -3.21. The third kappa shape index (κ3) is 2.14. The highest BCUT2D eigenvalue weighted by molar-refractivity contribution is 4.93. The van der Waals surface area contributed by atoms with Gasteiger partial charge >= 0.3 is 11.9 Å². The molecule has 0 aliphatic carbocycles. The first-order valence-electron chi connectivity index (χ1n) is 3.21. The summed E-state index contributed by atoms with van der Waals surface area (Å²) in [6, 6.07) is 0. The molecular weight excluding hydrogens is 173 g/mol. The highest BCUT2D eigenvalue weighted by Crippen LogP contribution is 2.16. The van der Waals surface area contributed by atoms with E-state index in [0.717, 1.165) is 6.20 Å². The fraction of sp³-hybridized carbons (Fsp3) is 0.500. The molecule has 0 bridgehead atoms. The van der Waals surface area contributed by atoms with Gasteiger partial charge in [-0.25, -0.2) is 4.79 Å². The van der Waals surface area contributed by atoms with Gasteiger partial charge in [0.25, 0.3) is 0 Å². The predicted molar refractivity (Wildman–Crippen MR) is 35.8 cm³/mol. The lowest BCUT2D eigenvalue weighted by Gasteiger charge is -2.04. The molecule has 1 N–H and O–H groups in total. The highest BCUT2D eigenvalue weighted by atomic mass is 19.4. The van der Waals surface area contributed by atoms with Crippen LogP contribution in [0.15, 0.2) is 11.0 Å². The number of aryl methyl sites for hydroxylation is 1. The second-order valence-electron chi connectivity index (χ2n) is 2.49. The second kappa shape index (κ2) is 2.69. The van der Waals surface area contributed by atoms with Gasteiger partial charge in [0.1, 0.15) is 6.54 Å². The van der Waals surface area contributed by atoms with Crippen LogP contribution in [0.3, 0.4) is 0 Å². The molecule has 1 rings (SSSR count). The number of aromatic amines is 1. The normalized spacial score (nSPS) is 12.0. The molecule has 0 saturated heterocycles. The molecule has 0 amide bonds. The number of rotatable bonds is 1. The Bertz CT molecular complexity index is 322. The Balaban J connectivity index is 2.90. The van der Waals surface area contributed by atoms with E-state index in [1.54, 1.807) is 0 Å². The number of H-pyrrole nitrogens is 1. The largest absolute Gasteiger partial charge is 0.406 e. The zero-order valence-electron chi connectivity index (χ0n) is 6.27. The number of imidazole rings is 1. The fourth-order valence-corrected chi connectivity index (χ4v) is 0.876. The van der Waals surface area contributed by atoms with Crippen molar-refractivity contribution in [1.29, 1.82) is 0 Å². The van der Waals surface area contributed by atoms with E-state index in [9.17, 15) is 18.0 Å². The molecule has 68 valence electrons. The van der Waals surface area contributed by atoms with Crippen molar-refractivity contribution in [2.24, 2.45) is 0 Å². The highest BCUT2D eigenvalue weighted by Gasteiger charge is 2.28. The number of alkyl halides is 3. The van der Waals surface area contributed by atoms with Crippen molar-refractivity contribution in [3.05, 3.63) is 22.4 Å². The number of nitrogens with one attached hydrogen (secondary N) is 1. The van der Waals surface area contributed by atoms with Crippen molar-refractivity contribution < 1.29 is 13.2 Å². The summed E-state index contributed by atoms with van der Waals surface area (Å²) in [4.78, 5) is 13.0. The number of aromatic nitrogens is 2. The van der Waals surface area contributed by atoms with Crippen molar-refractivity contribution in [3.8, 4) is 0 Å². The maximum absolute atomic E-state index is 11.8. The Morgan fingerprint density at radius 3 is 2.50 bits per heavy atom. The molecule has 0 spiro atoms. The van der Waals surface area contributed by atoms with Crippen LogP contribution in [0.5, 0.6) is 0 Å². The van der Waals surface area contributed by atoms with Crippen molar-refractivity contribution in [2.45, 2.75) is 19.6 Å². The lowest BCUT2D eigenvalue weighted by atomic mass is 10.5. The topological polar surface area (TPSA) is 37.8 Å². The molecule has 0 radical (unpaired) electrons. The van der Waals surface area contributed by atoms with E-state index in [-0.39, 0.29) is 0 Å². The van der Waals surface area contributed by atoms with E-state index in [2.05, 4.69) is 4.98 Å². The first-order valence-corrected chi connectivity index (χ1v) is 3.21.